The van der Waals surface area contributed by atoms with Crippen molar-refractivity contribution >= 4 is 22.9 Å². The van der Waals surface area contributed by atoms with Crippen molar-refractivity contribution in [1.82, 2.24) is 30.8 Å². The van der Waals surface area contributed by atoms with Crippen molar-refractivity contribution in [2.45, 2.75) is 32.8 Å². The summed E-state index contributed by atoms with van der Waals surface area (Å²) in [5.74, 6) is -0.0130. The lowest BCUT2D eigenvalue weighted by Gasteiger charge is -2.19. The van der Waals surface area contributed by atoms with E-state index in [1.807, 2.05) is 0 Å². The minimum atomic E-state index is -0.555. The third kappa shape index (κ3) is 6.03. The number of benzene rings is 2. The van der Waals surface area contributed by atoms with Gasteiger partial charge in [-0.2, -0.15) is 5.10 Å². The molecule has 2 amide bonds. The van der Waals surface area contributed by atoms with Crippen LogP contribution in [-0.4, -0.2) is 50.9 Å². The number of carbonyl (C=O) groups excluding carboxylic acids is 2. The standard InChI is InChI=1S/C25H27FN6O3/c1-25(2,3)35-24(34)28-12-4-11-27-23(33)16-7-10-19-18(13-16)21(32-31-19)22-29-14-20(30-22)15-5-8-17(26)9-6-15/h5-10,13-14H,4,11-12H2,1-3H3,(H,27,33)(H,28,34)(H,29,30)(H,31,32). The van der Waals surface area contributed by atoms with Crippen LogP contribution in [0.25, 0.3) is 33.7 Å². The topological polar surface area (TPSA) is 125 Å². The van der Waals surface area contributed by atoms with E-state index in [-0.39, 0.29) is 11.7 Å². The first-order chi connectivity index (χ1) is 16.7. The highest BCUT2D eigenvalue weighted by atomic mass is 19.1. The molecule has 0 atom stereocenters. The van der Waals surface area contributed by atoms with E-state index in [1.54, 1.807) is 57.3 Å². The maximum atomic E-state index is 13.2. The number of carbonyl (C=O) groups is 2. The maximum absolute atomic E-state index is 13.2. The minimum Gasteiger partial charge on any atom is -0.444 e. The minimum absolute atomic E-state index is 0.234. The summed E-state index contributed by atoms with van der Waals surface area (Å²) in [5.41, 5.74) is 2.78. The highest BCUT2D eigenvalue weighted by Gasteiger charge is 2.16. The van der Waals surface area contributed by atoms with Gasteiger partial charge in [-0.25, -0.2) is 14.2 Å². The summed E-state index contributed by atoms with van der Waals surface area (Å²) in [4.78, 5) is 31.9. The number of ether oxygens (including phenoxy) is 1. The van der Waals surface area contributed by atoms with Crippen molar-refractivity contribution in [3.63, 3.8) is 0 Å². The Hall–Kier alpha value is -4.21. The van der Waals surface area contributed by atoms with E-state index in [2.05, 4.69) is 30.8 Å². The number of nitrogens with one attached hydrogen (secondary N) is 4. The molecule has 0 saturated heterocycles. The number of H-pyrrole nitrogens is 2. The number of alkyl carbamates (subject to hydrolysis) is 1. The van der Waals surface area contributed by atoms with Gasteiger partial charge in [0.1, 0.15) is 17.1 Å². The molecule has 35 heavy (non-hydrogen) atoms. The van der Waals surface area contributed by atoms with E-state index < -0.39 is 11.7 Å². The van der Waals surface area contributed by atoms with Crippen molar-refractivity contribution in [1.29, 1.82) is 0 Å². The van der Waals surface area contributed by atoms with E-state index in [0.717, 1.165) is 22.2 Å². The van der Waals surface area contributed by atoms with Crippen LogP contribution >= 0.6 is 0 Å². The van der Waals surface area contributed by atoms with Gasteiger partial charge < -0.3 is 20.4 Å². The van der Waals surface area contributed by atoms with Gasteiger partial charge in [0, 0.05) is 24.0 Å². The molecule has 2 heterocycles. The van der Waals surface area contributed by atoms with Crippen LogP contribution in [0.2, 0.25) is 0 Å². The van der Waals surface area contributed by atoms with Gasteiger partial charge in [0.05, 0.1) is 17.4 Å². The lowest BCUT2D eigenvalue weighted by molar-refractivity contribution is 0.0527. The second-order valence-electron chi connectivity index (χ2n) is 9.02. The Bertz CT molecular complexity index is 1340. The predicted octanol–water partition coefficient (Wildman–Crippen LogP) is 4.40. The number of imidazole rings is 1. The molecule has 0 fully saturated rings. The lowest BCUT2D eigenvalue weighted by Crippen LogP contribution is -2.34. The van der Waals surface area contributed by atoms with Crippen LogP contribution in [-0.2, 0) is 4.74 Å². The summed E-state index contributed by atoms with van der Waals surface area (Å²) in [5, 5.41) is 13.6. The normalized spacial score (nSPS) is 11.4. The van der Waals surface area contributed by atoms with Crippen molar-refractivity contribution in [2.24, 2.45) is 0 Å². The van der Waals surface area contributed by atoms with E-state index in [4.69, 9.17) is 4.74 Å². The fourth-order valence-electron chi connectivity index (χ4n) is 3.45. The molecule has 0 bridgehead atoms. The summed E-state index contributed by atoms with van der Waals surface area (Å²) in [7, 11) is 0. The molecule has 10 heteroatoms. The molecule has 4 aromatic rings. The molecular weight excluding hydrogens is 451 g/mol. The van der Waals surface area contributed by atoms with Crippen LogP contribution in [0, 0.1) is 5.82 Å². The Labute approximate surface area is 201 Å². The summed E-state index contributed by atoms with van der Waals surface area (Å²) >= 11 is 0. The number of rotatable bonds is 7. The molecule has 182 valence electrons. The van der Waals surface area contributed by atoms with Crippen LogP contribution in [0.5, 0.6) is 0 Å². The van der Waals surface area contributed by atoms with Crippen molar-refractivity contribution < 1.29 is 18.7 Å². The van der Waals surface area contributed by atoms with Crippen molar-refractivity contribution in [3.8, 4) is 22.8 Å². The fraction of sp³-hybridized carbons (Fsp3) is 0.280. The molecule has 4 rings (SSSR count). The highest BCUT2D eigenvalue weighted by Crippen LogP contribution is 2.27. The Morgan fingerprint density at radius 3 is 2.54 bits per heavy atom. The zero-order chi connectivity index (χ0) is 25.0. The molecule has 4 N–H and O–H groups in total. The van der Waals surface area contributed by atoms with Crippen LogP contribution in [0.3, 0.4) is 0 Å². The van der Waals surface area contributed by atoms with Crippen LogP contribution in [0.15, 0.2) is 48.7 Å². The number of fused-ring (bicyclic) bond motifs is 1. The molecular formula is C25H27FN6O3. The first kappa shape index (κ1) is 23.9. The molecule has 0 saturated carbocycles. The number of hydrogen-bond acceptors (Lipinski definition) is 5. The highest BCUT2D eigenvalue weighted by molar-refractivity contribution is 6.01. The Morgan fingerprint density at radius 2 is 1.80 bits per heavy atom. The van der Waals surface area contributed by atoms with Gasteiger partial charge >= 0.3 is 6.09 Å². The second kappa shape index (κ2) is 9.96. The quantitative estimate of drug-likeness (QED) is 0.293. The summed E-state index contributed by atoms with van der Waals surface area (Å²) in [6.45, 7) is 6.17. The maximum Gasteiger partial charge on any atom is 0.407 e. The number of aromatic nitrogens is 4. The Kier molecular flexibility index (Phi) is 6.81. The van der Waals surface area contributed by atoms with Crippen molar-refractivity contribution in [2.75, 3.05) is 13.1 Å². The molecule has 0 unspecified atom stereocenters. The van der Waals surface area contributed by atoms with Crippen molar-refractivity contribution in [3.05, 3.63) is 60.0 Å². The molecule has 0 aliphatic carbocycles. The molecule has 0 radical (unpaired) electrons. The summed E-state index contributed by atoms with van der Waals surface area (Å²) in [6.07, 6.45) is 1.73. The second-order valence-corrected chi connectivity index (χ2v) is 9.02. The lowest BCUT2D eigenvalue weighted by atomic mass is 10.1. The van der Waals surface area contributed by atoms with Gasteiger partial charge in [0.2, 0.25) is 0 Å². The monoisotopic (exact) mass is 478 g/mol. The van der Waals surface area contributed by atoms with Gasteiger partial charge in [0.25, 0.3) is 5.91 Å². The number of aromatic amines is 2. The Morgan fingerprint density at radius 1 is 1.06 bits per heavy atom. The van der Waals surface area contributed by atoms with E-state index >= 15 is 0 Å². The third-order valence-electron chi connectivity index (χ3n) is 5.09. The molecule has 0 aliphatic heterocycles. The van der Waals surface area contributed by atoms with E-state index in [0.29, 0.717) is 36.6 Å². The predicted molar refractivity (Wildman–Crippen MR) is 130 cm³/mol. The average molecular weight is 479 g/mol. The smallest absolute Gasteiger partial charge is 0.407 e. The van der Waals surface area contributed by atoms with Gasteiger partial charge in [-0.3, -0.25) is 9.89 Å². The zero-order valence-corrected chi connectivity index (χ0v) is 19.7. The van der Waals surface area contributed by atoms with Crippen LogP contribution in [0.4, 0.5) is 9.18 Å². The summed E-state index contributed by atoms with van der Waals surface area (Å²) in [6, 6.07) is 11.4. The van der Waals surface area contributed by atoms with E-state index in [9.17, 15) is 14.0 Å². The SMILES string of the molecule is CC(C)(C)OC(=O)NCCCNC(=O)c1ccc2[nH]nc(-c3ncc(-c4ccc(F)cc4)[nH]3)c2c1. The van der Waals surface area contributed by atoms with Gasteiger partial charge in [0.15, 0.2) is 5.82 Å². The number of nitrogens with zero attached hydrogens (tertiary/aromatic N) is 2. The molecule has 2 aromatic carbocycles. The van der Waals surface area contributed by atoms with E-state index in [1.165, 1.54) is 12.1 Å². The first-order valence-corrected chi connectivity index (χ1v) is 11.2. The van der Waals surface area contributed by atoms with Gasteiger partial charge in [-0.1, -0.05) is 0 Å². The third-order valence-corrected chi connectivity index (χ3v) is 5.09. The number of amides is 2. The average Bonchev–Trinajstić information content (AvgIpc) is 3.44. The number of halogens is 1. The zero-order valence-electron chi connectivity index (χ0n) is 19.7. The van der Waals surface area contributed by atoms with Gasteiger partial charge in [-0.05, 0) is 75.2 Å². The van der Waals surface area contributed by atoms with Crippen LogP contribution in [0.1, 0.15) is 37.6 Å². The van der Waals surface area contributed by atoms with Crippen LogP contribution < -0.4 is 10.6 Å². The largest absolute Gasteiger partial charge is 0.444 e. The first-order valence-electron chi connectivity index (χ1n) is 11.2. The Balaban J connectivity index is 1.39. The molecule has 2 aromatic heterocycles. The fourth-order valence-corrected chi connectivity index (χ4v) is 3.45. The summed E-state index contributed by atoms with van der Waals surface area (Å²) < 4.78 is 18.4. The molecule has 0 spiro atoms. The van der Waals surface area contributed by atoms with Gasteiger partial charge in [-0.15, -0.1) is 0 Å². The molecule has 9 nitrogen and oxygen atoms in total. The molecule has 0 aliphatic rings. The number of hydrogen-bond donors (Lipinski definition) is 4.